The molecule has 9 heteroatoms. The van der Waals surface area contributed by atoms with Crippen LogP contribution in [0.5, 0.6) is 0 Å². The Balaban J connectivity index is 1.23. The van der Waals surface area contributed by atoms with Gasteiger partial charge in [0.1, 0.15) is 6.54 Å². The molecular formula is C28H28N6O3. The molecule has 3 aliphatic rings. The number of aryl methyl sites for hydroxylation is 1. The number of amides is 3. The van der Waals surface area contributed by atoms with Gasteiger partial charge in [-0.25, -0.2) is 0 Å². The lowest BCUT2D eigenvalue weighted by Gasteiger charge is -2.39. The summed E-state index contributed by atoms with van der Waals surface area (Å²) < 4.78 is 0. The Hall–Kier alpha value is -4.19. The lowest BCUT2D eigenvalue weighted by atomic mass is 9.72. The Morgan fingerprint density at radius 2 is 1.97 bits per heavy atom. The maximum atomic E-state index is 14.0. The lowest BCUT2D eigenvalue weighted by molar-refractivity contribution is -0.131. The quantitative estimate of drug-likeness (QED) is 0.599. The van der Waals surface area contributed by atoms with Crippen molar-refractivity contribution in [1.29, 1.82) is 5.26 Å². The van der Waals surface area contributed by atoms with Crippen LogP contribution in [0, 0.1) is 24.2 Å². The van der Waals surface area contributed by atoms with Crippen LogP contribution in [0.15, 0.2) is 42.6 Å². The third-order valence-electron chi connectivity index (χ3n) is 8.28. The molecule has 0 bridgehead atoms. The van der Waals surface area contributed by atoms with Gasteiger partial charge in [0.25, 0.3) is 5.91 Å². The third kappa shape index (κ3) is 3.67. The van der Waals surface area contributed by atoms with Gasteiger partial charge < -0.3 is 14.7 Å². The predicted octanol–water partition coefficient (Wildman–Crippen LogP) is 2.76. The van der Waals surface area contributed by atoms with Crippen LogP contribution in [0.4, 0.5) is 5.69 Å². The number of nitrogens with one attached hydrogen (secondary N) is 1. The molecule has 1 N–H and O–H groups in total. The molecule has 1 spiro atoms. The van der Waals surface area contributed by atoms with E-state index in [9.17, 15) is 19.6 Å². The van der Waals surface area contributed by atoms with E-state index in [0.717, 1.165) is 27.7 Å². The summed E-state index contributed by atoms with van der Waals surface area (Å²) in [5.74, 6) is -0.386. The zero-order chi connectivity index (χ0) is 25.7. The molecule has 0 radical (unpaired) electrons. The second-order valence-electron chi connectivity index (χ2n) is 10.4. The average Bonchev–Trinajstić information content (AvgIpc) is 3.64. The standard InChI is InChI=1S/C28H28N6O3/c1-18-3-2-4-23-25(18)28(27(37)34(23)17-24(35)33-10-7-19(14-29)16-33)8-11-32(12-9-28)26(36)20-5-6-22-21(13-20)15-30-31-22/h2-6,13,15,19H,7-12,16-17H2,1H3,(H,30,31). The fourth-order valence-electron chi connectivity index (χ4n) is 6.27. The second kappa shape index (κ2) is 8.73. The molecule has 1 aromatic heterocycles. The second-order valence-corrected chi connectivity index (χ2v) is 10.4. The van der Waals surface area contributed by atoms with E-state index < -0.39 is 5.41 Å². The van der Waals surface area contributed by atoms with Gasteiger partial charge >= 0.3 is 0 Å². The van der Waals surface area contributed by atoms with Crippen molar-refractivity contribution < 1.29 is 14.4 Å². The molecular weight excluding hydrogens is 468 g/mol. The number of benzene rings is 2. The van der Waals surface area contributed by atoms with E-state index >= 15 is 0 Å². The molecule has 3 amide bonds. The maximum absolute atomic E-state index is 14.0. The minimum atomic E-state index is -0.744. The molecule has 0 saturated carbocycles. The van der Waals surface area contributed by atoms with Crippen molar-refractivity contribution in [3.63, 3.8) is 0 Å². The number of hydrogen-bond acceptors (Lipinski definition) is 5. The first kappa shape index (κ1) is 23.2. The van der Waals surface area contributed by atoms with Crippen LogP contribution in [0.1, 0.15) is 40.7 Å². The van der Waals surface area contributed by atoms with E-state index in [1.807, 2.05) is 42.2 Å². The zero-order valence-electron chi connectivity index (χ0n) is 20.7. The molecule has 1 unspecified atom stereocenters. The van der Waals surface area contributed by atoms with Gasteiger partial charge in [-0.15, -0.1) is 0 Å². The van der Waals surface area contributed by atoms with E-state index in [0.29, 0.717) is 51.0 Å². The molecule has 3 aromatic rings. The SMILES string of the molecule is Cc1cccc2c1C1(CCN(C(=O)c3ccc4[nH]ncc4c3)CC1)C(=O)N2CC(=O)N1CCC(C#N)C1. The van der Waals surface area contributed by atoms with Crippen LogP contribution >= 0.6 is 0 Å². The molecule has 2 fully saturated rings. The first-order chi connectivity index (χ1) is 17.9. The largest absolute Gasteiger partial charge is 0.340 e. The monoisotopic (exact) mass is 496 g/mol. The minimum Gasteiger partial charge on any atom is -0.340 e. The van der Waals surface area contributed by atoms with Crippen LogP contribution in [0.3, 0.4) is 0 Å². The molecule has 6 rings (SSSR count). The number of likely N-dealkylation sites (tertiary alicyclic amines) is 2. The Labute approximate surface area is 214 Å². The number of H-pyrrole nitrogens is 1. The van der Waals surface area contributed by atoms with Crippen molar-refractivity contribution in [2.75, 3.05) is 37.6 Å². The molecule has 188 valence electrons. The number of rotatable bonds is 3. The number of piperidine rings is 1. The fourth-order valence-corrected chi connectivity index (χ4v) is 6.27. The highest BCUT2D eigenvalue weighted by Gasteiger charge is 2.53. The van der Waals surface area contributed by atoms with Gasteiger partial charge in [-0.2, -0.15) is 10.4 Å². The highest BCUT2D eigenvalue weighted by Crippen LogP contribution is 2.49. The van der Waals surface area contributed by atoms with E-state index in [2.05, 4.69) is 16.3 Å². The first-order valence-electron chi connectivity index (χ1n) is 12.7. The maximum Gasteiger partial charge on any atom is 0.253 e. The topological polar surface area (TPSA) is 113 Å². The van der Waals surface area contributed by atoms with E-state index in [1.165, 1.54) is 0 Å². The number of carbonyl (C=O) groups excluding carboxylic acids is 3. The third-order valence-corrected chi connectivity index (χ3v) is 8.28. The van der Waals surface area contributed by atoms with Crippen LogP contribution in [-0.2, 0) is 15.0 Å². The van der Waals surface area contributed by atoms with Crippen molar-refractivity contribution in [3.05, 3.63) is 59.3 Å². The number of hydrogen-bond donors (Lipinski definition) is 1. The summed E-state index contributed by atoms with van der Waals surface area (Å²) in [5, 5.41) is 17.0. The summed E-state index contributed by atoms with van der Waals surface area (Å²) in [6.45, 7) is 3.87. The summed E-state index contributed by atoms with van der Waals surface area (Å²) in [7, 11) is 0. The van der Waals surface area contributed by atoms with Gasteiger partial charge in [-0.1, -0.05) is 12.1 Å². The van der Waals surface area contributed by atoms with Gasteiger partial charge in [-0.05, 0) is 61.6 Å². The summed E-state index contributed by atoms with van der Waals surface area (Å²) in [4.78, 5) is 45.6. The molecule has 3 aliphatic heterocycles. The summed E-state index contributed by atoms with van der Waals surface area (Å²) in [6.07, 6.45) is 3.39. The van der Waals surface area contributed by atoms with E-state index in [1.54, 1.807) is 22.1 Å². The van der Waals surface area contributed by atoms with Crippen molar-refractivity contribution in [1.82, 2.24) is 20.0 Å². The molecule has 37 heavy (non-hydrogen) atoms. The Morgan fingerprint density at radius 1 is 1.16 bits per heavy atom. The number of aromatic nitrogens is 2. The summed E-state index contributed by atoms with van der Waals surface area (Å²) in [5.41, 5.74) is 3.54. The van der Waals surface area contributed by atoms with Gasteiger partial charge in [0.05, 0.1) is 29.1 Å². The first-order valence-corrected chi connectivity index (χ1v) is 12.7. The lowest BCUT2D eigenvalue weighted by Crippen LogP contribution is -2.51. The smallest absolute Gasteiger partial charge is 0.253 e. The summed E-state index contributed by atoms with van der Waals surface area (Å²) >= 11 is 0. The molecule has 0 aliphatic carbocycles. The van der Waals surface area contributed by atoms with Gasteiger partial charge in [-0.3, -0.25) is 19.5 Å². The number of fused-ring (bicyclic) bond motifs is 3. The predicted molar refractivity (Wildman–Crippen MR) is 137 cm³/mol. The Bertz CT molecular complexity index is 1460. The van der Waals surface area contributed by atoms with Crippen molar-refractivity contribution >= 4 is 34.3 Å². The number of anilines is 1. The van der Waals surface area contributed by atoms with Crippen LogP contribution in [0.25, 0.3) is 10.9 Å². The van der Waals surface area contributed by atoms with Crippen LogP contribution in [-0.4, -0.2) is 70.4 Å². The average molecular weight is 497 g/mol. The highest BCUT2D eigenvalue weighted by atomic mass is 16.2. The molecule has 1 atom stereocenters. The molecule has 2 aromatic carbocycles. The van der Waals surface area contributed by atoms with Gasteiger partial charge in [0.15, 0.2) is 0 Å². The summed E-state index contributed by atoms with van der Waals surface area (Å²) in [6, 6.07) is 13.6. The molecule has 9 nitrogen and oxygen atoms in total. The van der Waals surface area contributed by atoms with Crippen molar-refractivity contribution in [2.45, 2.75) is 31.6 Å². The molecule has 2 saturated heterocycles. The normalized spacial score (nSPS) is 20.5. The van der Waals surface area contributed by atoms with E-state index in [4.69, 9.17) is 0 Å². The minimum absolute atomic E-state index is 0.0253. The number of aromatic amines is 1. The number of nitriles is 1. The van der Waals surface area contributed by atoms with Crippen molar-refractivity contribution in [3.8, 4) is 6.07 Å². The van der Waals surface area contributed by atoms with Crippen molar-refractivity contribution in [2.24, 2.45) is 5.92 Å². The fraction of sp³-hybridized carbons (Fsp3) is 0.393. The highest BCUT2D eigenvalue weighted by molar-refractivity contribution is 6.11. The van der Waals surface area contributed by atoms with Gasteiger partial charge in [0, 0.05) is 42.8 Å². The number of carbonyl (C=O) groups is 3. The van der Waals surface area contributed by atoms with Crippen LogP contribution < -0.4 is 4.90 Å². The molecule has 4 heterocycles. The van der Waals surface area contributed by atoms with Gasteiger partial charge in [0.2, 0.25) is 11.8 Å². The number of nitrogens with zero attached hydrogens (tertiary/aromatic N) is 5. The Morgan fingerprint density at radius 3 is 2.73 bits per heavy atom. The Kier molecular flexibility index (Phi) is 5.48. The van der Waals surface area contributed by atoms with Crippen LogP contribution in [0.2, 0.25) is 0 Å². The van der Waals surface area contributed by atoms with E-state index in [-0.39, 0.29) is 30.2 Å². The zero-order valence-corrected chi connectivity index (χ0v) is 20.7.